The molecule has 1 aliphatic rings. The summed E-state index contributed by atoms with van der Waals surface area (Å²) < 4.78 is 0. The van der Waals surface area contributed by atoms with Crippen molar-refractivity contribution in [2.45, 2.75) is 41.6 Å². The summed E-state index contributed by atoms with van der Waals surface area (Å²) in [6.45, 7) is 7.57. The average molecular weight is 348 g/mol. The van der Waals surface area contributed by atoms with Gasteiger partial charge in [0.15, 0.2) is 5.16 Å². The predicted octanol–water partition coefficient (Wildman–Crippen LogP) is 3.73. The maximum absolute atomic E-state index is 5.86. The van der Waals surface area contributed by atoms with Crippen LogP contribution in [0.5, 0.6) is 0 Å². The zero-order valence-electron chi connectivity index (χ0n) is 13.8. The van der Waals surface area contributed by atoms with Crippen molar-refractivity contribution >= 4 is 35.0 Å². The Morgan fingerprint density at radius 1 is 1.30 bits per heavy atom. The number of anilines is 2. The Morgan fingerprint density at radius 3 is 2.83 bits per heavy atom. The minimum absolute atomic E-state index is 0.136. The van der Waals surface area contributed by atoms with Gasteiger partial charge in [0.1, 0.15) is 10.8 Å². The second-order valence-corrected chi connectivity index (χ2v) is 8.40. The summed E-state index contributed by atoms with van der Waals surface area (Å²) in [5.41, 5.74) is 9.50. The van der Waals surface area contributed by atoms with Crippen LogP contribution in [-0.2, 0) is 5.41 Å². The van der Waals surface area contributed by atoms with Crippen molar-refractivity contribution in [3.63, 3.8) is 0 Å². The second kappa shape index (κ2) is 6.20. The van der Waals surface area contributed by atoms with Gasteiger partial charge < -0.3 is 11.1 Å². The van der Waals surface area contributed by atoms with Gasteiger partial charge in [-0.2, -0.15) is 0 Å². The highest BCUT2D eigenvalue weighted by atomic mass is 32.2. The number of rotatable bonds is 4. The topological polar surface area (TPSA) is 76.7 Å². The van der Waals surface area contributed by atoms with Crippen molar-refractivity contribution in [1.82, 2.24) is 15.0 Å². The van der Waals surface area contributed by atoms with Crippen LogP contribution in [0.2, 0.25) is 0 Å². The zero-order chi connectivity index (χ0) is 16.6. The fraction of sp³-hybridized carbons (Fsp3) is 0.438. The van der Waals surface area contributed by atoms with Crippen molar-refractivity contribution in [3.05, 3.63) is 29.6 Å². The summed E-state index contributed by atoms with van der Waals surface area (Å²) in [4.78, 5) is 13.4. The minimum Gasteiger partial charge on any atom is -0.384 e. The fourth-order valence-corrected chi connectivity index (χ4v) is 3.95. The Labute approximate surface area is 145 Å². The number of nitrogens with one attached hydrogen (secondary N) is 1. The molecule has 0 spiro atoms. The van der Waals surface area contributed by atoms with Crippen molar-refractivity contribution < 1.29 is 0 Å². The minimum atomic E-state index is 0.136. The lowest BCUT2D eigenvalue weighted by atomic mass is 9.87. The predicted molar refractivity (Wildman–Crippen MR) is 98.3 cm³/mol. The van der Waals surface area contributed by atoms with Gasteiger partial charge in [-0.3, -0.25) is 4.98 Å². The molecule has 3 rings (SSSR count). The van der Waals surface area contributed by atoms with Crippen LogP contribution in [0, 0.1) is 0 Å². The van der Waals surface area contributed by atoms with Crippen LogP contribution in [-0.4, -0.2) is 27.8 Å². The summed E-state index contributed by atoms with van der Waals surface area (Å²) in [5.74, 6) is 0.506. The van der Waals surface area contributed by atoms with E-state index in [1.807, 2.05) is 12.5 Å². The molecule has 0 fully saturated rings. The number of aromatic nitrogens is 3. The Hall–Kier alpha value is -1.47. The van der Waals surface area contributed by atoms with E-state index in [4.69, 9.17) is 5.73 Å². The van der Waals surface area contributed by atoms with Crippen molar-refractivity contribution in [1.29, 1.82) is 0 Å². The van der Waals surface area contributed by atoms with Gasteiger partial charge in [0.05, 0.1) is 22.8 Å². The molecule has 3 heterocycles. The number of fused-ring (bicyclic) bond motifs is 1. The van der Waals surface area contributed by atoms with Crippen LogP contribution >= 0.6 is 23.5 Å². The van der Waals surface area contributed by atoms with Gasteiger partial charge in [-0.05, 0) is 24.8 Å². The van der Waals surface area contributed by atoms with Crippen LogP contribution in [0.25, 0.3) is 0 Å². The molecule has 1 unspecified atom stereocenters. The third-order valence-corrected chi connectivity index (χ3v) is 5.60. The number of pyridine rings is 1. The lowest BCUT2D eigenvalue weighted by molar-refractivity contribution is 0.585. The van der Waals surface area contributed by atoms with E-state index in [2.05, 4.69) is 47.1 Å². The molecule has 1 aliphatic heterocycles. The smallest absolute Gasteiger partial charge is 0.191 e. The van der Waals surface area contributed by atoms with E-state index in [0.717, 1.165) is 23.0 Å². The van der Waals surface area contributed by atoms with Gasteiger partial charge >= 0.3 is 0 Å². The fourth-order valence-electron chi connectivity index (χ4n) is 2.60. The molecule has 0 aromatic carbocycles. The van der Waals surface area contributed by atoms with Crippen LogP contribution in [0.4, 0.5) is 11.5 Å². The Balaban J connectivity index is 1.84. The Kier molecular flexibility index (Phi) is 4.42. The SMILES string of the molecule is CSc1cc(N)nc(SC(C)c2cc3c(cn2)NCC3(C)C)n1. The van der Waals surface area contributed by atoms with Gasteiger partial charge in [0, 0.05) is 18.0 Å². The van der Waals surface area contributed by atoms with Gasteiger partial charge in [-0.1, -0.05) is 25.6 Å². The summed E-state index contributed by atoms with van der Waals surface area (Å²) >= 11 is 3.16. The summed E-state index contributed by atoms with van der Waals surface area (Å²) in [5, 5.41) is 5.16. The molecule has 1 atom stereocenters. The quantitative estimate of drug-likeness (QED) is 0.496. The Morgan fingerprint density at radius 2 is 2.09 bits per heavy atom. The van der Waals surface area contributed by atoms with E-state index in [1.54, 1.807) is 29.6 Å². The second-order valence-electron chi connectivity index (χ2n) is 6.27. The molecule has 0 bridgehead atoms. The number of nitrogens with zero attached hydrogens (tertiary/aromatic N) is 3. The molecule has 3 N–H and O–H groups in total. The summed E-state index contributed by atoms with van der Waals surface area (Å²) in [7, 11) is 0. The number of hydrogen-bond donors (Lipinski definition) is 2. The highest BCUT2D eigenvalue weighted by Gasteiger charge is 2.30. The summed E-state index contributed by atoms with van der Waals surface area (Å²) in [6.07, 6.45) is 3.92. The molecule has 23 heavy (non-hydrogen) atoms. The highest BCUT2D eigenvalue weighted by molar-refractivity contribution is 7.99. The van der Waals surface area contributed by atoms with Crippen LogP contribution < -0.4 is 11.1 Å². The van der Waals surface area contributed by atoms with E-state index in [9.17, 15) is 0 Å². The van der Waals surface area contributed by atoms with Crippen molar-refractivity contribution in [2.24, 2.45) is 0 Å². The third-order valence-electron chi connectivity index (χ3n) is 3.98. The molecule has 0 saturated carbocycles. The van der Waals surface area contributed by atoms with Crippen LogP contribution in [0.15, 0.2) is 28.5 Å². The lowest BCUT2D eigenvalue weighted by Gasteiger charge is -2.18. The first kappa shape index (κ1) is 16.4. The largest absolute Gasteiger partial charge is 0.384 e. The molecule has 0 saturated heterocycles. The van der Waals surface area contributed by atoms with E-state index in [-0.39, 0.29) is 10.7 Å². The normalized spacial score (nSPS) is 16.7. The molecular weight excluding hydrogens is 326 g/mol. The number of hydrogen-bond acceptors (Lipinski definition) is 7. The molecule has 7 heteroatoms. The average Bonchev–Trinajstić information content (AvgIpc) is 2.81. The molecule has 0 amide bonds. The zero-order valence-corrected chi connectivity index (χ0v) is 15.4. The molecule has 2 aromatic rings. The first-order valence-corrected chi connectivity index (χ1v) is 9.59. The first-order valence-electron chi connectivity index (χ1n) is 7.48. The molecular formula is C16H21N5S2. The van der Waals surface area contributed by atoms with Gasteiger partial charge in [0.2, 0.25) is 0 Å². The number of nitrogen functional groups attached to an aromatic ring is 1. The van der Waals surface area contributed by atoms with Crippen molar-refractivity contribution in [2.75, 3.05) is 23.9 Å². The lowest BCUT2D eigenvalue weighted by Crippen LogP contribution is -2.19. The molecule has 0 aliphatic carbocycles. The van der Waals surface area contributed by atoms with E-state index >= 15 is 0 Å². The molecule has 5 nitrogen and oxygen atoms in total. The highest BCUT2D eigenvalue weighted by Crippen LogP contribution is 2.39. The van der Waals surface area contributed by atoms with E-state index in [0.29, 0.717) is 11.0 Å². The van der Waals surface area contributed by atoms with Crippen molar-refractivity contribution in [3.8, 4) is 0 Å². The van der Waals surface area contributed by atoms with Gasteiger partial charge in [-0.15, -0.1) is 11.8 Å². The Bertz CT molecular complexity index is 732. The number of thioether (sulfide) groups is 2. The van der Waals surface area contributed by atoms with Crippen LogP contribution in [0.1, 0.15) is 37.3 Å². The van der Waals surface area contributed by atoms with Gasteiger partial charge in [0.25, 0.3) is 0 Å². The van der Waals surface area contributed by atoms with Crippen LogP contribution in [0.3, 0.4) is 0 Å². The first-order chi connectivity index (χ1) is 10.9. The standard InChI is InChI=1S/C16H21N5S2/c1-9(23-15-20-13(17)6-14(21-15)22-4)11-5-10-12(7-18-11)19-8-16(10,2)3/h5-7,9,19H,8H2,1-4H3,(H2,17,20,21). The third kappa shape index (κ3) is 3.40. The van der Waals surface area contributed by atoms with Gasteiger partial charge in [-0.25, -0.2) is 9.97 Å². The maximum Gasteiger partial charge on any atom is 0.191 e. The summed E-state index contributed by atoms with van der Waals surface area (Å²) in [6, 6.07) is 4.00. The number of nitrogens with two attached hydrogens (primary N) is 1. The van der Waals surface area contributed by atoms with E-state index in [1.165, 1.54) is 5.56 Å². The van der Waals surface area contributed by atoms with E-state index < -0.39 is 0 Å². The molecule has 122 valence electrons. The molecule has 0 radical (unpaired) electrons. The monoisotopic (exact) mass is 347 g/mol. The maximum atomic E-state index is 5.86. The molecule has 2 aromatic heterocycles.